The van der Waals surface area contributed by atoms with Gasteiger partial charge in [-0.1, -0.05) is 19.1 Å². The Morgan fingerprint density at radius 2 is 1.68 bits per heavy atom. The van der Waals surface area contributed by atoms with Gasteiger partial charge in [0.1, 0.15) is 11.6 Å². The Bertz CT molecular complexity index is 922. The zero-order chi connectivity index (χ0) is 21.8. The number of hydrogen-bond acceptors (Lipinski definition) is 5. The average molecular weight is 425 g/mol. The number of hydrazone groups is 1. The first-order valence-corrected chi connectivity index (χ1v) is 10.8. The minimum absolute atomic E-state index is 0.0252. The van der Waals surface area contributed by atoms with Crippen molar-refractivity contribution in [1.82, 2.24) is 14.8 Å². The Labute approximate surface area is 182 Å². The molecular weight excluding hydrogens is 395 g/mol. The molecule has 0 aliphatic carbocycles. The van der Waals surface area contributed by atoms with E-state index in [9.17, 15) is 9.18 Å². The highest BCUT2D eigenvalue weighted by Crippen LogP contribution is 2.33. The molecule has 164 valence electrons. The molecule has 1 atom stereocenters. The van der Waals surface area contributed by atoms with Gasteiger partial charge in [-0.2, -0.15) is 5.10 Å². The van der Waals surface area contributed by atoms with E-state index >= 15 is 0 Å². The second-order valence-corrected chi connectivity index (χ2v) is 8.00. The second kappa shape index (κ2) is 9.58. The summed E-state index contributed by atoms with van der Waals surface area (Å²) in [5, 5.41) is 6.32. The van der Waals surface area contributed by atoms with E-state index in [1.165, 1.54) is 12.1 Å². The fraction of sp³-hybridized carbons (Fsp3) is 0.417. The van der Waals surface area contributed by atoms with Gasteiger partial charge in [-0.15, -0.1) is 0 Å². The molecule has 0 radical (unpaired) electrons. The monoisotopic (exact) mass is 424 g/mol. The van der Waals surface area contributed by atoms with Gasteiger partial charge in [-0.25, -0.2) is 9.40 Å². The second-order valence-electron chi connectivity index (χ2n) is 8.00. The molecule has 2 heterocycles. The van der Waals surface area contributed by atoms with Crippen LogP contribution in [0.5, 0.6) is 5.75 Å². The molecule has 2 aromatic rings. The molecule has 1 fully saturated rings. The third-order valence-corrected chi connectivity index (χ3v) is 6.11. The lowest BCUT2D eigenvalue weighted by Gasteiger charge is -2.34. The van der Waals surface area contributed by atoms with Gasteiger partial charge < -0.3 is 9.64 Å². The van der Waals surface area contributed by atoms with Gasteiger partial charge in [0.2, 0.25) is 0 Å². The number of benzene rings is 2. The Morgan fingerprint density at radius 1 is 1.03 bits per heavy atom. The fourth-order valence-corrected chi connectivity index (χ4v) is 4.17. The van der Waals surface area contributed by atoms with Crippen LogP contribution in [0.2, 0.25) is 0 Å². The molecule has 4 rings (SSSR count). The molecule has 0 N–H and O–H groups in total. The average Bonchev–Trinajstić information content (AvgIpc) is 3.26. The van der Waals surface area contributed by atoms with Gasteiger partial charge in [0.15, 0.2) is 0 Å². The minimum atomic E-state index is -0.287. The van der Waals surface area contributed by atoms with Crippen molar-refractivity contribution < 1.29 is 13.9 Å². The van der Waals surface area contributed by atoms with E-state index in [0.717, 1.165) is 55.3 Å². The molecular formula is C24H29FN4O2. The number of likely N-dealkylation sites (N-methyl/N-ethyl adjacent to an activating group) is 1. The number of halogens is 1. The SMILES string of the molecule is CCN1CCN(CC(=O)N2N=C(c3ccc(OC)cc3)CC2c2ccc(F)cc2)CC1. The Kier molecular flexibility index (Phi) is 6.63. The normalized spacial score (nSPS) is 20.0. The number of amides is 1. The lowest BCUT2D eigenvalue weighted by Crippen LogP contribution is -2.49. The van der Waals surface area contributed by atoms with Crippen LogP contribution in [-0.2, 0) is 4.79 Å². The molecule has 1 saturated heterocycles. The predicted molar refractivity (Wildman–Crippen MR) is 119 cm³/mol. The number of methoxy groups -OCH3 is 1. The largest absolute Gasteiger partial charge is 0.497 e. The van der Waals surface area contributed by atoms with Crippen LogP contribution in [0.1, 0.15) is 30.5 Å². The number of piperazine rings is 1. The van der Waals surface area contributed by atoms with Crippen LogP contribution < -0.4 is 4.74 Å². The Balaban J connectivity index is 1.54. The summed E-state index contributed by atoms with van der Waals surface area (Å²) in [5.41, 5.74) is 2.69. The highest BCUT2D eigenvalue weighted by molar-refractivity contribution is 6.03. The molecule has 0 saturated carbocycles. The Morgan fingerprint density at radius 3 is 2.29 bits per heavy atom. The molecule has 2 aromatic carbocycles. The molecule has 0 spiro atoms. The quantitative estimate of drug-likeness (QED) is 0.715. The van der Waals surface area contributed by atoms with Gasteiger partial charge in [-0.3, -0.25) is 9.69 Å². The van der Waals surface area contributed by atoms with E-state index < -0.39 is 0 Å². The topological polar surface area (TPSA) is 48.4 Å². The number of ether oxygens (including phenoxy) is 1. The van der Waals surface area contributed by atoms with E-state index in [4.69, 9.17) is 9.84 Å². The minimum Gasteiger partial charge on any atom is -0.497 e. The Hall–Kier alpha value is -2.77. The first-order valence-electron chi connectivity index (χ1n) is 10.8. The van der Waals surface area contributed by atoms with Crippen molar-refractivity contribution in [1.29, 1.82) is 0 Å². The van der Waals surface area contributed by atoms with Crippen LogP contribution in [0.15, 0.2) is 53.6 Å². The first-order chi connectivity index (χ1) is 15.1. The van der Waals surface area contributed by atoms with Gasteiger partial charge in [0, 0.05) is 32.6 Å². The van der Waals surface area contributed by atoms with Crippen molar-refractivity contribution in [2.75, 3.05) is 46.4 Å². The molecule has 7 heteroatoms. The summed E-state index contributed by atoms with van der Waals surface area (Å²) in [6, 6.07) is 13.8. The summed E-state index contributed by atoms with van der Waals surface area (Å²) in [7, 11) is 1.63. The standard InChI is InChI=1S/C24H29FN4O2/c1-3-27-12-14-28(15-13-27)17-24(30)29-23(19-4-8-20(25)9-5-19)16-22(26-29)18-6-10-21(31-2)11-7-18/h4-11,23H,3,12-17H2,1-2H3. The third-order valence-electron chi connectivity index (χ3n) is 6.11. The van der Waals surface area contributed by atoms with Crippen LogP contribution in [0.4, 0.5) is 4.39 Å². The smallest absolute Gasteiger partial charge is 0.257 e. The van der Waals surface area contributed by atoms with Crippen molar-refractivity contribution in [3.8, 4) is 5.75 Å². The number of hydrogen-bond donors (Lipinski definition) is 0. The van der Waals surface area contributed by atoms with Crippen LogP contribution in [0, 0.1) is 5.82 Å². The van der Waals surface area contributed by atoms with Crippen LogP contribution in [0.25, 0.3) is 0 Å². The number of carbonyl (C=O) groups is 1. The van der Waals surface area contributed by atoms with E-state index in [2.05, 4.69) is 16.7 Å². The predicted octanol–water partition coefficient (Wildman–Crippen LogP) is 3.15. The highest BCUT2D eigenvalue weighted by Gasteiger charge is 2.34. The van der Waals surface area contributed by atoms with Gasteiger partial charge in [0.05, 0.1) is 25.4 Å². The van der Waals surface area contributed by atoms with Crippen LogP contribution in [-0.4, -0.2) is 72.8 Å². The molecule has 0 aromatic heterocycles. The summed E-state index contributed by atoms with van der Waals surface area (Å²) >= 11 is 0. The number of carbonyl (C=O) groups excluding carboxylic acids is 1. The van der Waals surface area contributed by atoms with Crippen molar-refractivity contribution in [2.45, 2.75) is 19.4 Å². The summed E-state index contributed by atoms with van der Waals surface area (Å²) in [6.45, 7) is 7.25. The van der Waals surface area contributed by atoms with E-state index in [-0.39, 0.29) is 17.8 Å². The molecule has 6 nitrogen and oxygen atoms in total. The van der Waals surface area contributed by atoms with Gasteiger partial charge in [-0.05, 0) is 54.1 Å². The third kappa shape index (κ3) is 4.94. The summed E-state index contributed by atoms with van der Waals surface area (Å²) < 4.78 is 18.7. The van der Waals surface area contributed by atoms with Crippen LogP contribution in [0.3, 0.4) is 0 Å². The summed E-state index contributed by atoms with van der Waals surface area (Å²) in [5.74, 6) is 0.462. The first kappa shape index (κ1) is 21.5. The molecule has 2 aliphatic rings. The summed E-state index contributed by atoms with van der Waals surface area (Å²) in [6.07, 6.45) is 0.591. The molecule has 31 heavy (non-hydrogen) atoms. The summed E-state index contributed by atoms with van der Waals surface area (Å²) in [4.78, 5) is 17.8. The van der Waals surface area contributed by atoms with Crippen molar-refractivity contribution >= 4 is 11.6 Å². The van der Waals surface area contributed by atoms with Crippen LogP contribution >= 0.6 is 0 Å². The maximum absolute atomic E-state index is 13.5. The number of rotatable bonds is 6. The molecule has 0 bridgehead atoms. The highest BCUT2D eigenvalue weighted by atomic mass is 19.1. The maximum atomic E-state index is 13.5. The van der Waals surface area contributed by atoms with E-state index in [0.29, 0.717) is 13.0 Å². The van der Waals surface area contributed by atoms with Gasteiger partial charge in [0.25, 0.3) is 5.91 Å². The molecule has 1 unspecified atom stereocenters. The lowest BCUT2D eigenvalue weighted by molar-refractivity contribution is -0.134. The number of nitrogens with zero attached hydrogens (tertiary/aromatic N) is 4. The van der Waals surface area contributed by atoms with E-state index in [1.54, 1.807) is 24.3 Å². The van der Waals surface area contributed by atoms with E-state index in [1.807, 2.05) is 24.3 Å². The van der Waals surface area contributed by atoms with Crippen molar-refractivity contribution in [3.63, 3.8) is 0 Å². The van der Waals surface area contributed by atoms with Crippen molar-refractivity contribution in [2.24, 2.45) is 5.10 Å². The fourth-order valence-electron chi connectivity index (χ4n) is 4.17. The van der Waals surface area contributed by atoms with Crippen molar-refractivity contribution in [3.05, 3.63) is 65.5 Å². The maximum Gasteiger partial charge on any atom is 0.257 e. The molecule has 2 aliphatic heterocycles. The molecule has 1 amide bonds. The zero-order valence-electron chi connectivity index (χ0n) is 18.1. The van der Waals surface area contributed by atoms with Gasteiger partial charge >= 0.3 is 0 Å². The lowest BCUT2D eigenvalue weighted by atomic mass is 9.98. The zero-order valence-corrected chi connectivity index (χ0v) is 18.1.